The summed E-state index contributed by atoms with van der Waals surface area (Å²) in [5.74, 6) is 1.90. The van der Waals surface area contributed by atoms with Gasteiger partial charge in [-0.3, -0.25) is 0 Å². The van der Waals surface area contributed by atoms with Gasteiger partial charge in [0.15, 0.2) is 11.5 Å². The summed E-state index contributed by atoms with van der Waals surface area (Å²) in [6.45, 7) is 3.02. The number of allylic oxidation sites excluding steroid dienone is 1. The molecule has 4 aromatic rings. The Hall–Kier alpha value is -4.04. The normalized spacial score (nSPS) is 11.3. The number of fused-ring (bicyclic) bond motifs is 1. The summed E-state index contributed by atoms with van der Waals surface area (Å²) in [6.07, 6.45) is 2.62. The Morgan fingerprint density at radius 3 is 2.58 bits per heavy atom. The van der Waals surface area contributed by atoms with Crippen molar-refractivity contribution in [3.05, 3.63) is 89.7 Å². The summed E-state index contributed by atoms with van der Waals surface area (Å²) >= 11 is 0. The molecule has 0 aliphatic rings. The lowest BCUT2D eigenvalue weighted by atomic mass is 10.1. The van der Waals surface area contributed by atoms with Crippen LogP contribution >= 0.6 is 0 Å². The first kappa shape index (κ1) is 20.2. The third kappa shape index (κ3) is 4.93. The zero-order valence-corrected chi connectivity index (χ0v) is 17.3. The van der Waals surface area contributed by atoms with E-state index in [1.807, 2.05) is 67.6 Å². The molecule has 0 aliphatic heterocycles. The molecule has 1 heterocycles. The van der Waals surface area contributed by atoms with E-state index in [2.05, 4.69) is 28.2 Å². The standard InChI is InChI=1S/C26H23N3O2/c1-2-30-25-17-20(12-13-24(25)31-15-14-19-8-4-3-5-9-19)16-21(18-27)26-28-22-10-6-7-11-23(22)29-26/h3-13,16-17H,2,14-15H2,1H3,(H,28,29)/b21-16-. The van der Waals surface area contributed by atoms with Gasteiger partial charge in [-0.05, 0) is 48.4 Å². The van der Waals surface area contributed by atoms with Crippen molar-refractivity contribution in [3.8, 4) is 17.6 Å². The van der Waals surface area contributed by atoms with Crippen molar-refractivity contribution in [1.82, 2.24) is 9.97 Å². The average Bonchev–Trinajstić information content (AvgIpc) is 3.24. The lowest BCUT2D eigenvalue weighted by Gasteiger charge is -2.13. The highest BCUT2D eigenvalue weighted by Crippen LogP contribution is 2.30. The van der Waals surface area contributed by atoms with Gasteiger partial charge in [-0.15, -0.1) is 0 Å². The molecular weight excluding hydrogens is 386 g/mol. The maximum atomic E-state index is 9.68. The lowest BCUT2D eigenvalue weighted by molar-refractivity contribution is 0.279. The minimum absolute atomic E-state index is 0.455. The molecule has 0 radical (unpaired) electrons. The second-order valence-electron chi connectivity index (χ2n) is 7.00. The topological polar surface area (TPSA) is 70.9 Å². The van der Waals surface area contributed by atoms with Crippen LogP contribution in [0.15, 0.2) is 72.8 Å². The predicted molar refractivity (Wildman–Crippen MR) is 123 cm³/mol. The molecule has 0 amide bonds. The van der Waals surface area contributed by atoms with Crippen molar-refractivity contribution >= 4 is 22.7 Å². The third-order valence-electron chi connectivity index (χ3n) is 4.83. The summed E-state index contributed by atoms with van der Waals surface area (Å²) in [6, 6.07) is 25.9. The second-order valence-corrected chi connectivity index (χ2v) is 7.00. The predicted octanol–water partition coefficient (Wildman–Crippen LogP) is 5.65. The van der Waals surface area contributed by atoms with Crippen LogP contribution in [0.3, 0.4) is 0 Å². The quantitative estimate of drug-likeness (QED) is 0.382. The molecule has 0 fully saturated rings. The summed E-state index contributed by atoms with van der Waals surface area (Å²) in [4.78, 5) is 7.73. The van der Waals surface area contributed by atoms with E-state index in [9.17, 15) is 5.26 Å². The maximum absolute atomic E-state index is 9.68. The molecule has 0 unspecified atom stereocenters. The SMILES string of the molecule is CCOc1cc(/C=C(/C#N)c2nc3ccccc3[nH]2)ccc1OCCc1ccccc1. The van der Waals surface area contributed by atoms with Gasteiger partial charge in [-0.1, -0.05) is 48.5 Å². The number of rotatable bonds is 8. The zero-order valence-electron chi connectivity index (χ0n) is 17.3. The van der Waals surface area contributed by atoms with E-state index in [4.69, 9.17) is 9.47 Å². The molecule has 0 saturated heterocycles. The molecule has 4 rings (SSSR count). The number of hydrogen-bond acceptors (Lipinski definition) is 4. The van der Waals surface area contributed by atoms with Crippen molar-refractivity contribution in [3.63, 3.8) is 0 Å². The van der Waals surface area contributed by atoms with Crippen LogP contribution < -0.4 is 9.47 Å². The number of hydrogen-bond donors (Lipinski definition) is 1. The van der Waals surface area contributed by atoms with Gasteiger partial charge in [-0.25, -0.2) is 4.98 Å². The van der Waals surface area contributed by atoms with Crippen LogP contribution in [0, 0.1) is 11.3 Å². The Bertz CT molecular complexity index is 1200. The van der Waals surface area contributed by atoms with Gasteiger partial charge in [0, 0.05) is 6.42 Å². The molecule has 0 saturated carbocycles. The fraction of sp³-hybridized carbons (Fsp3) is 0.154. The van der Waals surface area contributed by atoms with E-state index < -0.39 is 0 Å². The van der Waals surface area contributed by atoms with Crippen LogP contribution in [0.5, 0.6) is 11.5 Å². The van der Waals surface area contributed by atoms with E-state index in [0.717, 1.165) is 23.0 Å². The van der Waals surface area contributed by atoms with Crippen molar-refractivity contribution in [1.29, 1.82) is 5.26 Å². The lowest BCUT2D eigenvalue weighted by Crippen LogP contribution is -2.03. The van der Waals surface area contributed by atoms with E-state index in [1.165, 1.54) is 5.56 Å². The van der Waals surface area contributed by atoms with Crippen LogP contribution in [0.4, 0.5) is 0 Å². The minimum Gasteiger partial charge on any atom is -0.490 e. The van der Waals surface area contributed by atoms with Crippen molar-refractivity contribution in [2.45, 2.75) is 13.3 Å². The number of H-pyrrole nitrogens is 1. The zero-order chi connectivity index (χ0) is 21.5. The number of nitriles is 1. The van der Waals surface area contributed by atoms with Gasteiger partial charge in [0.1, 0.15) is 11.9 Å². The van der Waals surface area contributed by atoms with Crippen LogP contribution in [0.25, 0.3) is 22.7 Å². The van der Waals surface area contributed by atoms with Gasteiger partial charge < -0.3 is 14.5 Å². The summed E-state index contributed by atoms with van der Waals surface area (Å²) in [5.41, 5.74) is 4.25. The molecule has 0 atom stereocenters. The number of imidazole rings is 1. The number of ether oxygens (including phenoxy) is 2. The van der Waals surface area contributed by atoms with E-state index in [1.54, 1.807) is 6.08 Å². The first-order valence-electron chi connectivity index (χ1n) is 10.3. The Kier molecular flexibility index (Phi) is 6.29. The fourth-order valence-electron chi connectivity index (χ4n) is 3.33. The molecule has 5 nitrogen and oxygen atoms in total. The summed E-state index contributed by atoms with van der Waals surface area (Å²) in [5, 5.41) is 9.68. The van der Waals surface area contributed by atoms with Crippen molar-refractivity contribution in [2.75, 3.05) is 13.2 Å². The molecule has 3 aromatic carbocycles. The average molecular weight is 409 g/mol. The molecule has 0 aliphatic carbocycles. The van der Waals surface area contributed by atoms with Crippen LogP contribution in [-0.4, -0.2) is 23.2 Å². The molecule has 1 N–H and O–H groups in total. The molecule has 0 bridgehead atoms. The van der Waals surface area contributed by atoms with E-state index >= 15 is 0 Å². The molecule has 31 heavy (non-hydrogen) atoms. The Labute approximate surface area is 181 Å². The highest BCUT2D eigenvalue weighted by atomic mass is 16.5. The van der Waals surface area contributed by atoms with Crippen molar-refractivity contribution in [2.24, 2.45) is 0 Å². The van der Waals surface area contributed by atoms with E-state index in [0.29, 0.717) is 36.1 Å². The number of aromatic amines is 1. The van der Waals surface area contributed by atoms with Gasteiger partial charge in [0.25, 0.3) is 0 Å². The van der Waals surface area contributed by atoms with Crippen molar-refractivity contribution < 1.29 is 9.47 Å². The maximum Gasteiger partial charge on any atom is 0.161 e. The van der Waals surface area contributed by atoms with E-state index in [-0.39, 0.29) is 0 Å². The first-order valence-corrected chi connectivity index (χ1v) is 10.3. The Balaban J connectivity index is 1.55. The number of nitrogens with one attached hydrogen (secondary N) is 1. The second kappa shape index (κ2) is 9.64. The molecule has 154 valence electrons. The van der Waals surface area contributed by atoms with Crippen LogP contribution in [0.1, 0.15) is 23.9 Å². The molecule has 5 heteroatoms. The summed E-state index contributed by atoms with van der Waals surface area (Å²) < 4.78 is 11.8. The fourth-order valence-corrected chi connectivity index (χ4v) is 3.33. The van der Waals surface area contributed by atoms with Crippen LogP contribution in [-0.2, 0) is 6.42 Å². The number of benzene rings is 3. The highest BCUT2D eigenvalue weighted by molar-refractivity contribution is 5.90. The van der Waals surface area contributed by atoms with Gasteiger partial charge >= 0.3 is 0 Å². The summed E-state index contributed by atoms with van der Waals surface area (Å²) in [7, 11) is 0. The minimum atomic E-state index is 0.455. The number of aromatic nitrogens is 2. The Morgan fingerprint density at radius 2 is 1.81 bits per heavy atom. The number of para-hydroxylation sites is 2. The highest BCUT2D eigenvalue weighted by Gasteiger charge is 2.10. The monoisotopic (exact) mass is 409 g/mol. The largest absolute Gasteiger partial charge is 0.490 e. The molecule has 1 aromatic heterocycles. The van der Waals surface area contributed by atoms with Gasteiger partial charge in [0.05, 0.1) is 29.8 Å². The first-order chi connectivity index (χ1) is 15.3. The van der Waals surface area contributed by atoms with Gasteiger partial charge in [-0.2, -0.15) is 5.26 Å². The third-order valence-corrected chi connectivity index (χ3v) is 4.83. The smallest absolute Gasteiger partial charge is 0.161 e. The molecule has 0 spiro atoms. The van der Waals surface area contributed by atoms with Crippen LogP contribution in [0.2, 0.25) is 0 Å². The number of nitrogens with zero attached hydrogens (tertiary/aromatic N) is 2. The Morgan fingerprint density at radius 1 is 1.00 bits per heavy atom. The molecular formula is C26H23N3O2. The van der Waals surface area contributed by atoms with Gasteiger partial charge in [0.2, 0.25) is 0 Å².